The number of alkyl carbamates (subject to hydrolysis) is 1. The van der Waals surface area contributed by atoms with E-state index >= 15 is 0 Å². The van der Waals surface area contributed by atoms with Crippen LogP contribution < -0.4 is 5.32 Å². The van der Waals surface area contributed by atoms with Gasteiger partial charge in [-0.25, -0.2) is 9.36 Å². The molecule has 326 valence electrons. The average Bonchev–Trinajstić information content (AvgIpc) is 3.26. The van der Waals surface area contributed by atoms with Gasteiger partial charge in [0.2, 0.25) is 0 Å². The van der Waals surface area contributed by atoms with Crippen molar-refractivity contribution < 1.29 is 46.7 Å². The van der Waals surface area contributed by atoms with Crippen LogP contribution in [0.4, 0.5) is 4.79 Å². The number of carbonyl (C=O) groups is 3. The van der Waals surface area contributed by atoms with Gasteiger partial charge in [0.15, 0.2) is 6.10 Å². The monoisotopic (exact) mass is 837 g/mol. The highest BCUT2D eigenvalue weighted by atomic mass is 31.2. The van der Waals surface area contributed by atoms with Gasteiger partial charge in [-0.1, -0.05) is 181 Å². The minimum absolute atomic E-state index is 0.0366. The van der Waals surface area contributed by atoms with E-state index < -0.39 is 32.0 Å². The third kappa shape index (κ3) is 25.3. The molecule has 3 aromatic rings. The highest BCUT2D eigenvalue weighted by Gasteiger charge is 2.30. The summed E-state index contributed by atoms with van der Waals surface area (Å²) in [5, 5.41) is 2.72. The molecule has 1 N–H and O–H groups in total. The first-order valence-electron chi connectivity index (χ1n) is 21.8. The average molecular weight is 838 g/mol. The van der Waals surface area contributed by atoms with Crippen LogP contribution in [-0.2, 0) is 61.8 Å². The van der Waals surface area contributed by atoms with E-state index in [0.717, 1.165) is 36.0 Å². The summed E-state index contributed by atoms with van der Waals surface area (Å²) in [6.07, 6.45) is 16.3. The summed E-state index contributed by atoms with van der Waals surface area (Å²) in [5.74, 6) is -0.917. The van der Waals surface area contributed by atoms with E-state index in [2.05, 4.69) is 12.2 Å². The van der Waals surface area contributed by atoms with Crippen molar-refractivity contribution in [1.82, 2.24) is 5.32 Å². The van der Waals surface area contributed by atoms with Crippen molar-refractivity contribution in [3.05, 3.63) is 108 Å². The summed E-state index contributed by atoms with van der Waals surface area (Å²) in [5.41, 5.74) is 2.43. The molecule has 59 heavy (non-hydrogen) atoms. The number of phosphoric acid groups is 1. The van der Waals surface area contributed by atoms with Gasteiger partial charge in [0, 0.05) is 19.4 Å². The molecule has 0 unspecified atom stereocenters. The topological polar surface area (TPSA) is 136 Å². The summed E-state index contributed by atoms with van der Waals surface area (Å²) < 4.78 is 47.6. The molecule has 1 atom stereocenters. The van der Waals surface area contributed by atoms with Crippen LogP contribution in [0.3, 0.4) is 0 Å². The quantitative estimate of drug-likeness (QED) is 0.0268. The van der Waals surface area contributed by atoms with Crippen molar-refractivity contribution in [1.29, 1.82) is 0 Å². The molecule has 0 radical (unpaired) electrons. The first-order valence-corrected chi connectivity index (χ1v) is 23.2. The molecular weight excluding hydrogens is 769 g/mol. The minimum atomic E-state index is -4.18. The van der Waals surface area contributed by atoms with E-state index in [9.17, 15) is 18.9 Å². The molecule has 0 aliphatic carbocycles. The summed E-state index contributed by atoms with van der Waals surface area (Å²) in [4.78, 5) is 37.7. The molecule has 0 aliphatic heterocycles. The largest absolute Gasteiger partial charge is 0.475 e. The highest BCUT2D eigenvalue weighted by Crippen LogP contribution is 2.51. The normalized spacial score (nSPS) is 11.8. The second kappa shape index (κ2) is 31.8. The van der Waals surface area contributed by atoms with Gasteiger partial charge in [-0.2, -0.15) is 0 Å². The van der Waals surface area contributed by atoms with Crippen molar-refractivity contribution in [2.45, 2.75) is 148 Å². The Kier molecular flexibility index (Phi) is 26.6. The maximum absolute atomic E-state index is 13.9. The Hall–Kier alpha value is -4.02. The third-order valence-corrected chi connectivity index (χ3v) is 11.0. The number of esters is 2. The molecule has 0 aromatic heterocycles. The molecule has 1 amide bonds. The zero-order valence-electron chi connectivity index (χ0n) is 35.2. The lowest BCUT2D eigenvalue weighted by Crippen LogP contribution is -2.29. The van der Waals surface area contributed by atoms with E-state index in [1.165, 1.54) is 57.8 Å². The van der Waals surface area contributed by atoms with Crippen LogP contribution in [0.1, 0.15) is 139 Å². The third-order valence-electron chi connectivity index (χ3n) is 9.64. The number of rotatable bonds is 34. The summed E-state index contributed by atoms with van der Waals surface area (Å²) in [6.45, 7) is 2.11. The number of ether oxygens (including phenoxy) is 3. The van der Waals surface area contributed by atoms with Crippen LogP contribution in [-0.4, -0.2) is 43.9 Å². The van der Waals surface area contributed by atoms with E-state index in [0.29, 0.717) is 32.2 Å². The van der Waals surface area contributed by atoms with Gasteiger partial charge >= 0.3 is 25.9 Å². The van der Waals surface area contributed by atoms with E-state index in [-0.39, 0.29) is 45.9 Å². The Morgan fingerprint density at radius 1 is 0.508 bits per heavy atom. The summed E-state index contributed by atoms with van der Waals surface area (Å²) in [7, 11) is -4.18. The zero-order valence-corrected chi connectivity index (χ0v) is 36.1. The van der Waals surface area contributed by atoms with Crippen molar-refractivity contribution in [2.24, 2.45) is 0 Å². The lowest BCUT2D eigenvalue weighted by atomic mass is 10.0. The first-order chi connectivity index (χ1) is 28.8. The molecule has 3 aromatic carbocycles. The smallest absolute Gasteiger partial charge is 0.462 e. The zero-order chi connectivity index (χ0) is 42.1. The number of benzene rings is 3. The number of phosphoric ester groups is 1. The van der Waals surface area contributed by atoms with Gasteiger partial charge in [0.1, 0.15) is 13.2 Å². The fourth-order valence-electron chi connectivity index (χ4n) is 6.18. The Labute approximate surface area is 352 Å². The van der Waals surface area contributed by atoms with Crippen LogP contribution in [0.25, 0.3) is 0 Å². The predicted molar refractivity (Wildman–Crippen MR) is 230 cm³/mol. The van der Waals surface area contributed by atoms with Crippen molar-refractivity contribution >= 4 is 25.9 Å². The molecule has 0 bridgehead atoms. The Balaban J connectivity index is 1.44. The minimum Gasteiger partial charge on any atom is -0.462 e. The van der Waals surface area contributed by atoms with Crippen LogP contribution >= 0.6 is 7.82 Å². The molecular formula is C47H68NO10P. The molecule has 0 heterocycles. The van der Waals surface area contributed by atoms with Crippen LogP contribution in [0, 0.1) is 0 Å². The SMILES string of the molecule is CCCCCCCCCCCCCCCC(=O)OC[C@H](COP(=O)(OCc1ccccc1)OCc1ccccc1)OC(=O)CCCCCNC(=O)OCc1ccccc1. The molecule has 12 heteroatoms. The van der Waals surface area contributed by atoms with Gasteiger partial charge in [-0.15, -0.1) is 0 Å². The van der Waals surface area contributed by atoms with E-state index in [1.807, 2.05) is 91.0 Å². The van der Waals surface area contributed by atoms with E-state index in [4.69, 9.17) is 27.8 Å². The Morgan fingerprint density at radius 3 is 1.46 bits per heavy atom. The lowest BCUT2D eigenvalue weighted by Gasteiger charge is -2.22. The van der Waals surface area contributed by atoms with Gasteiger partial charge in [0.05, 0.1) is 19.8 Å². The van der Waals surface area contributed by atoms with Crippen LogP contribution in [0.15, 0.2) is 91.0 Å². The highest BCUT2D eigenvalue weighted by molar-refractivity contribution is 7.48. The molecule has 0 saturated carbocycles. The molecule has 0 fully saturated rings. The van der Waals surface area contributed by atoms with Crippen LogP contribution in [0.2, 0.25) is 0 Å². The number of hydrogen-bond acceptors (Lipinski definition) is 10. The van der Waals surface area contributed by atoms with Gasteiger partial charge in [0.25, 0.3) is 0 Å². The van der Waals surface area contributed by atoms with E-state index in [1.54, 1.807) is 0 Å². The number of amides is 1. The number of nitrogens with one attached hydrogen (secondary N) is 1. The molecule has 0 aliphatic rings. The second-order valence-corrected chi connectivity index (χ2v) is 16.5. The fourth-order valence-corrected chi connectivity index (χ4v) is 7.37. The standard InChI is InChI=1S/C47H68NO10P/c1-2-3-4-5-6-7-8-9-10-11-12-13-24-33-45(49)53-39-44(58-46(50)34-25-17-26-35-48-47(51)54-36-41-27-18-14-19-28-41)40-57-59(52,55-37-42-29-20-15-21-30-42)56-38-43-31-22-16-23-32-43/h14-16,18-23,27-32,44H,2-13,17,24-26,33-40H2,1H3,(H,48,51)/t44-/m1/s1. The molecule has 0 saturated heterocycles. The first kappa shape index (κ1) is 49.3. The molecule has 0 spiro atoms. The Bertz CT molecular complexity index is 1530. The summed E-state index contributed by atoms with van der Waals surface area (Å²) in [6, 6.07) is 27.8. The van der Waals surface area contributed by atoms with Gasteiger partial charge in [-0.05, 0) is 36.0 Å². The van der Waals surface area contributed by atoms with Crippen molar-refractivity contribution in [3.8, 4) is 0 Å². The summed E-state index contributed by atoms with van der Waals surface area (Å²) >= 11 is 0. The van der Waals surface area contributed by atoms with Crippen LogP contribution in [0.5, 0.6) is 0 Å². The second-order valence-electron chi connectivity index (χ2n) is 14.8. The number of unbranched alkanes of at least 4 members (excludes halogenated alkanes) is 14. The molecule has 11 nitrogen and oxygen atoms in total. The maximum atomic E-state index is 13.9. The van der Waals surface area contributed by atoms with Gasteiger partial charge < -0.3 is 19.5 Å². The molecule has 3 rings (SSSR count). The number of carbonyl (C=O) groups excluding carboxylic acids is 3. The van der Waals surface area contributed by atoms with Gasteiger partial charge in [-0.3, -0.25) is 23.2 Å². The maximum Gasteiger partial charge on any atom is 0.475 e. The Morgan fingerprint density at radius 2 is 0.949 bits per heavy atom. The number of hydrogen-bond donors (Lipinski definition) is 1. The predicted octanol–water partition coefficient (Wildman–Crippen LogP) is 12.0. The van der Waals surface area contributed by atoms with Crippen molar-refractivity contribution in [3.63, 3.8) is 0 Å². The fraction of sp³-hybridized carbons (Fsp3) is 0.553. The lowest BCUT2D eigenvalue weighted by molar-refractivity contribution is -0.161. The van der Waals surface area contributed by atoms with Crippen molar-refractivity contribution in [2.75, 3.05) is 19.8 Å².